The lowest BCUT2D eigenvalue weighted by molar-refractivity contribution is 0.325. The van der Waals surface area contributed by atoms with Gasteiger partial charge in [0.25, 0.3) is 0 Å². The quantitative estimate of drug-likeness (QED) is 0.667. The highest BCUT2D eigenvalue weighted by atomic mass is 16.5. The smallest absolute Gasteiger partial charge is 0.223 e. The minimum Gasteiger partial charge on any atom is -0.340 e. The summed E-state index contributed by atoms with van der Waals surface area (Å²) in [6.07, 6.45) is 5.05. The van der Waals surface area contributed by atoms with Gasteiger partial charge in [-0.2, -0.15) is 4.98 Å². The predicted octanol–water partition coefficient (Wildman–Crippen LogP) is 2.67. The van der Waals surface area contributed by atoms with Gasteiger partial charge in [-0.3, -0.25) is 0 Å². The molecule has 0 unspecified atom stereocenters. The Morgan fingerprint density at radius 1 is 1.23 bits per heavy atom. The lowest BCUT2D eigenvalue weighted by Gasteiger charge is -2.23. The molecular weight excluding hydrogens is 164 g/mol. The zero-order valence-electron chi connectivity index (χ0n) is 8.29. The van der Waals surface area contributed by atoms with Crippen LogP contribution >= 0.6 is 0 Å². The first-order valence-electron chi connectivity index (χ1n) is 5.06. The van der Waals surface area contributed by atoms with Crippen LogP contribution in [0.15, 0.2) is 4.52 Å². The van der Waals surface area contributed by atoms with Crippen LogP contribution in [-0.4, -0.2) is 10.1 Å². The Hall–Kier alpha value is -0.860. The van der Waals surface area contributed by atoms with E-state index in [4.69, 9.17) is 4.52 Å². The highest BCUT2D eigenvalue weighted by Gasteiger charge is 2.23. The normalized spacial score (nSPS) is 29.1. The first-order valence-corrected chi connectivity index (χ1v) is 5.06. The highest BCUT2D eigenvalue weighted by Crippen LogP contribution is 2.33. The molecule has 1 aromatic heterocycles. The van der Waals surface area contributed by atoms with Crippen molar-refractivity contribution in [2.75, 3.05) is 0 Å². The van der Waals surface area contributed by atoms with Crippen LogP contribution in [0.2, 0.25) is 0 Å². The number of hydrogen-bond donors (Lipinski definition) is 0. The van der Waals surface area contributed by atoms with Crippen molar-refractivity contribution in [3.8, 4) is 0 Å². The van der Waals surface area contributed by atoms with Crippen molar-refractivity contribution in [1.29, 1.82) is 0 Å². The molecule has 1 saturated carbocycles. The summed E-state index contributed by atoms with van der Waals surface area (Å²) in [4.78, 5) is 4.28. The molecule has 0 aromatic carbocycles. The van der Waals surface area contributed by atoms with E-state index in [1.54, 1.807) is 0 Å². The molecule has 13 heavy (non-hydrogen) atoms. The van der Waals surface area contributed by atoms with Gasteiger partial charge in [0.2, 0.25) is 5.89 Å². The van der Waals surface area contributed by atoms with Gasteiger partial charge in [0.1, 0.15) is 0 Å². The van der Waals surface area contributed by atoms with Crippen LogP contribution in [0.5, 0.6) is 0 Å². The van der Waals surface area contributed by atoms with Crippen LogP contribution in [0.1, 0.15) is 50.2 Å². The van der Waals surface area contributed by atoms with Gasteiger partial charge in [0.15, 0.2) is 5.82 Å². The average Bonchev–Trinajstić information content (AvgIpc) is 2.53. The third-order valence-corrected chi connectivity index (χ3v) is 2.92. The monoisotopic (exact) mass is 180 g/mol. The maximum absolute atomic E-state index is 4.98. The van der Waals surface area contributed by atoms with Gasteiger partial charge < -0.3 is 4.52 Å². The van der Waals surface area contributed by atoms with Crippen LogP contribution in [-0.2, 0) is 0 Å². The van der Waals surface area contributed by atoms with Crippen LogP contribution < -0.4 is 0 Å². The summed E-state index contributed by atoms with van der Waals surface area (Å²) >= 11 is 0. The summed E-state index contributed by atoms with van der Waals surface area (Å²) in [5.41, 5.74) is 0. The molecule has 0 atom stereocenters. The molecule has 1 fully saturated rings. The highest BCUT2D eigenvalue weighted by molar-refractivity contribution is 4.96. The van der Waals surface area contributed by atoms with E-state index in [2.05, 4.69) is 17.1 Å². The second kappa shape index (κ2) is 3.48. The van der Waals surface area contributed by atoms with E-state index in [1.807, 2.05) is 6.92 Å². The van der Waals surface area contributed by atoms with Gasteiger partial charge in [-0.15, -0.1) is 0 Å². The third kappa shape index (κ3) is 1.90. The predicted molar refractivity (Wildman–Crippen MR) is 49.4 cm³/mol. The van der Waals surface area contributed by atoms with Gasteiger partial charge in [-0.05, 0) is 18.8 Å². The molecule has 0 N–H and O–H groups in total. The molecule has 2 rings (SSSR count). The summed E-state index contributed by atoms with van der Waals surface area (Å²) in [5.74, 6) is 3.04. The van der Waals surface area contributed by atoms with Crippen LogP contribution in [0.3, 0.4) is 0 Å². The van der Waals surface area contributed by atoms with E-state index in [9.17, 15) is 0 Å². The van der Waals surface area contributed by atoms with Gasteiger partial charge in [-0.1, -0.05) is 24.9 Å². The Bertz CT molecular complexity index is 274. The summed E-state index contributed by atoms with van der Waals surface area (Å²) in [6.45, 7) is 4.17. The standard InChI is InChI=1S/C10H16N2O/c1-7-3-5-9(6-4-7)10-11-8(2)13-12-10/h7,9H,3-6H2,1-2H3. The third-order valence-electron chi connectivity index (χ3n) is 2.92. The molecule has 0 aliphatic heterocycles. The SMILES string of the molecule is Cc1nc(C2CCC(C)CC2)no1. The zero-order valence-corrected chi connectivity index (χ0v) is 8.29. The Kier molecular flexibility index (Phi) is 2.34. The van der Waals surface area contributed by atoms with E-state index in [0.717, 1.165) is 11.7 Å². The number of hydrogen-bond acceptors (Lipinski definition) is 3. The van der Waals surface area contributed by atoms with Crippen LogP contribution in [0.4, 0.5) is 0 Å². The number of nitrogens with zero attached hydrogens (tertiary/aromatic N) is 2. The second-order valence-electron chi connectivity index (χ2n) is 4.13. The molecule has 0 saturated heterocycles. The second-order valence-corrected chi connectivity index (χ2v) is 4.13. The number of aryl methyl sites for hydroxylation is 1. The Morgan fingerprint density at radius 2 is 1.92 bits per heavy atom. The molecule has 1 aliphatic carbocycles. The molecule has 0 radical (unpaired) electrons. The van der Waals surface area contributed by atoms with Gasteiger partial charge >= 0.3 is 0 Å². The van der Waals surface area contributed by atoms with Crippen molar-refractivity contribution in [2.45, 2.75) is 45.4 Å². The van der Waals surface area contributed by atoms with Crippen molar-refractivity contribution < 1.29 is 4.52 Å². The maximum Gasteiger partial charge on any atom is 0.223 e. The lowest BCUT2D eigenvalue weighted by atomic mass is 9.83. The molecule has 3 heteroatoms. The molecule has 1 heterocycles. The Morgan fingerprint density at radius 3 is 2.46 bits per heavy atom. The molecule has 1 aliphatic rings. The molecule has 0 amide bonds. The maximum atomic E-state index is 4.98. The van der Waals surface area contributed by atoms with Crippen molar-refractivity contribution >= 4 is 0 Å². The average molecular weight is 180 g/mol. The molecule has 0 spiro atoms. The van der Waals surface area contributed by atoms with Gasteiger partial charge in [0, 0.05) is 12.8 Å². The molecule has 3 nitrogen and oxygen atoms in total. The molecule has 72 valence electrons. The topological polar surface area (TPSA) is 38.9 Å². The first kappa shape index (κ1) is 8.73. The fourth-order valence-corrected chi connectivity index (χ4v) is 2.00. The number of rotatable bonds is 1. The van der Waals surface area contributed by atoms with Crippen molar-refractivity contribution in [3.63, 3.8) is 0 Å². The van der Waals surface area contributed by atoms with Crippen LogP contribution in [0.25, 0.3) is 0 Å². The largest absolute Gasteiger partial charge is 0.340 e. The fraction of sp³-hybridized carbons (Fsp3) is 0.800. The summed E-state index contributed by atoms with van der Waals surface area (Å²) in [6, 6.07) is 0. The first-order chi connectivity index (χ1) is 6.25. The minimum absolute atomic E-state index is 0.550. The summed E-state index contributed by atoms with van der Waals surface area (Å²) in [7, 11) is 0. The molecule has 0 bridgehead atoms. The molecule has 1 aromatic rings. The molecular formula is C10H16N2O. The van der Waals surface area contributed by atoms with Crippen LogP contribution in [0, 0.1) is 12.8 Å². The Balaban J connectivity index is 2.02. The van der Waals surface area contributed by atoms with E-state index in [-0.39, 0.29) is 0 Å². The minimum atomic E-state index is 0.550. The van der Waals surface area contributed by atoms with E-state index < -0.39 is 0 Å². The van der Waals surface area contributed by atoms with E-state index in [0.29, 0.717) is 11.8 Å². The van der Waals surface area contributed by atoms with Gasteiger partial charge in [0.05, 0.1) is 0 Å². The zero-order chi connectivity index (χ0) is 9.26. The summed E-state index contributed by atoms with van der Waals surface area (Å²) in [5, 5.41) is 3.98. The fourth-order valence-electron chi connectivity index (χ4n) is 2.00. The Labute approximate surface area is 78.5 Å². The number of aromatic nitrogens is 2. The van der Waals surface area contributed by atoms with E-state index >= 15 is 0 Å². The van der Waals surface area contributed by atoms with Gasteiger partial charge in [-0.25, -0.2) is 0 Å². The van der Waals surface area contributed by atoms with Crippen molar-refractivity contribution in [2.24, 2.45) is 5.92 Å². The van der Waals surface area contributed by atoms with E-state index in [1.165, 1.54) is 25.7 Å². The van der Waals surface area contributed by atoms with Crippen molar-refractivity contribution in [3.05, 3.63) is 11.7 Å². The summed E-state index contributed by atoms with van der Waals surface area (Å²) < 4.78 is 4.98. The van der Waals surface area contributed by atoms with Crippen molar-refractivity contribution in [1.82, 2.24) is 10.1 Å². The lowest BCUT2D eigenvalue weighted by Crippen LogP contribution is -2.11.